The minimum atomic E-state index is -0.209. The molecular weight excluding hydrogens is 260 g/mol. The molecule has 0 spiro atoms. The van der Waals surface area contributed by atoms with Crippen molar-refractivity contribution in [2.75, 3.05) is 6.61 Å². The quantitative estimate of drug-likeness (QED) is 0.622. The normalized spacial score (nSPS) is 48.5. The van der Waals surface area contributed by atoms with Crippen LogP contribution in [0.25, 0.3) is 0 Å². The van der Waals surface area contributed by atoms with Gasteiger partial charge in [-0.05, 0) is 68.8 Å². The maximum Gasteiger partial charge on any atom is 0.312 e. The Balaban J connectivity index is 1.78. The molecular formula is C19H26O2. The smallest absolute Gasteiger partial charge is 0.312 e. The highest BCUT2D eigenvalue weighted by Crippen LogP contribution is 2.62. The summed E-state index contributed by atoms with van der Waals surface area (Å²) in [4.78, 5) is 12.2. The molecule has 2 heteroatoms. The second-order valence-corrected chi connectivity index (χ2v) is 8.19. The zero-order chi connectivity index (χ0) is 14.8. The molecule has 5 atom stereocenters. The number of cyclic esters (lactones) is 1. The van der Waals surface area contributed by atoms with E-state index in [0.717, 1.165) is 18.8 Å². The van der Waals surface area contributed by atoms with Gasteiger partial charge in [0.25, 0.3) is 0 Å². The first-order chi connectivity index (χ1) is 9.97. The van der Waals surface area contributed by atoms with E-state index < -0.39 is 0 Å². The Labute approximate surface area is 127 Å². The molecule has 0 amide bonds. The Morgan fingerprint density at radius 3 is 2.81 bits per heavy atom. The molecule has 21 heavy (non-hydrogen) atoms. The van der Waals surface area contributed by atoms with E-state index in [1.165, 1.54) is 19.3 Å². The van der Waals surface area contributed by atoms with Crippen LogP contribution in [-0.4, -0.2) is 12.6 Å². The van der Waals surface area contributed by atoms with Gasteiger partial charge in [-0.3, -0.25) is 4.79 Å². The van der Waals surface area contributed by atoms with Crippen molar-refractivity contribution in [1.82, 2.24) is 0 Å². The van der Waals surface area contributed by atoms with Gasteiger partial charge in [-0.15, -0.1) is 0 Å². The fraction of sp³-hybridized carbons (Fsp3) is 0.737. The predicted molar refractivity (Wildman–Crippen MR) is 82.6 cm³/mol. The minimum absolute atomic E-state index is 0.0621. The first kappa shape index (κ1) is 13.6. The van der Waals surface area contributed by atoms with E-state index in [0.29, 0.717) is 23.9 Å². The zero-order valence-electron chi connectivity index (χ0n) is 13.4. The minimum Gasteiger partial charge on any atom is -0.465 e. The van der Waals surface area contributed by atoms with Gasteiger partial charge in [-0.2, -0.15) is 0 Å². The second kappa shape index (κ2) is 4.24. The fourth-order valence-corrected chi connectivity index (χ4v) is 5.96. The van der Waals surface area contributed by atoms with Crippen LogP contribution in [0.4, 0.5) is 0 Å². The molecule has 3 aliphatic carbocycles. The zero-order valence-corrected chi connectivity index (χ0v) is 13.4. The third-order valence-electron chi connectivity index (χ3n) is 7.24. The largest absolute Gasteiger partial charge is 0.465 e. The molecule has 1 saturated heterocycles. The summed E-state index contributed by atoms with van der Waals surface area (Å²) in [5.74, 6) is 1.86. The average molecular weight is 286 g/mol. The van der Waals surface area contributed by atoms with Crippen LogP contribution in [0.15, 0.2) is 23.3 Å². The maximum atomic E-state index is 12.2. The van der Waals surface area contributed by atoms with E-state index in [-0.39, 0.29) is 11.4 Å². The van der Waals surface area contributed by atoms with Crippen molar-refractivity contribution in [1.29, 1.82) is 0 Å². The van der Waals surface area contributed by atoms with Crippen LogP contribution < -0.4 is 0 Å². The Bertz CT molecular complexity index is 558. The highest BCUT2D eigenvalue weighted by atomic mass is 16.5. The Morgan fingerprint density at radius 1 is 1.19 bits per heavy atom. The molecule has 0 unspecified atom stereocenters. The Morgan fingerprint density at radius 2 is 2.00 bits per heavy atom. The number of rotatable bonds is 0. The van der Waals surface area contributed by atoms with Crippen molar-refractivity contribution in [3.05, 3.63) is 23.3 Å². The molecule has 2 nitrogen and oxygen atoms in total. The number of fused-ring (bicyclic) bond motifs is 5. The molecule has 1 saturated carbocycles. The van der Waals surface area contributed by atoms with Crippen LogP contribution in [0.5, 0.6) is 0 Å². The van der Waals surface area contributed by atoms with Gasteiger partial charge in [0, 0.05) is 5.92 Å². The molecule has 0 aromatic rings. The van der Waals surface area contributed by atoms with E-state index in [1.54, 1.807) is 11.1 Å². The van der Waals surface area contributed by atoms with Gasteiger partial charge in [0.05, 0.1) is 12.0 Å². The van der Waals surface area contributed by atoms with E-state index in [1.807, 2.05) is 0 Å². The van der Waals surface area contributed by atoms with Crippen LogP contribution in [0.3, 0.4) is 0 Å². The van der Waals surface area contributed by atoms with E-state index in [4.69, 9.17) is 4.74 Å². The average Bonchev–Trinajstić information content (AvgIpc) is 2.75. The summed E-state index contributed by atoms with van der Waals surface area (Å²) in [6.07, 6.45) is 10.6. The number of allylic oxidation sites excluding steroid dienone is 4. The summed E-state index contributed by atoms with van der Waals surface area (Å²) >= 11 is 0. The molecule has 114 valence electrons. The van der Waals surface area contributed by atoms with E-state index >= 15 is 0 Å². The monoisotopic (exact) mass is 286 g/mol. The lowest BCUT2D eigenvalue weighted by Gasteiger charge is -2.55. The lowest BCUT2D eigenvalue weighted by atomic mass is 9.48. The van der Waals surface area contributed by atoms with Gasteiger partial charge in [0.15, 0.2) is 0 Å². The van der Waals surface area contributed by atoms with Crippen molar-refractivity contribution in [3.8, 4) is 0 Å². The molecule has 0 radical (unpaired) electrons. The van der Waals surface area contributed by atoms with Gasteiger partial charge in [-0.25, -0.2) is 0 Å². The SMILES string of the molecule is CC1=C2C=CCC[C@]2(C)[C@H]2CC[C@]3(C)C(=O)OC[C@H]3[C@@H]2C1. The van der Waals surface area contributed by atoms with Crippen molar-refractivity contribution in [2.45, 2.75) is 52.9 Å². The lowest BCUT2D eigenvalue weighted by Crippen LogP contribution is -2.50. The number of carbonyl (C=O) groups is 1. The number of hydrogen-bond acceptors (Lipinski definition) is 2. The molecule has 0 aromatic carbocycles. The highest BCUT2D eigenvalue weighted by Gasteiger charge is 2.60. The molecule has 0 N–H and O–H groups in total. The fourth-order valence-electron chi connectivity index (χ4n) is 5.96. The van der Waals surface area contributed by atoms with Crippen molar-refractivity contribution in [3.63, 3.8) is 0 Å². The van der Waals surface area contributed by atoms with Gasteiger partial charge < -0.3 is 4.74 Å². The van der Waals surface area contributed by atoms with E-state index in [9.17, 15) is 4.79 Å². The molecule has 4 aliphatic rings. The van der Waals surface area contributed by atoms with Crippen molar-refractivity contribution < 1.29 is 9.53 Å². The second-order valence-electron chi connectivity index (χ2n) is 8.19. The van der Waals surface area contributed by atoms with Gasteiger partial charge >= 0.3 is 5.97 Å². The number of ether oxygens (including phenoxy) is 1. The summed E-state index contributed by atoms with van der Waals surface area (Å²) in [5.41, 5.74) is 3.27. The Kier molecular flexibility index (Phi) is 2.75. The maximum absolute atomic E-state index is 12.2. The molecule has 4 rings (SSSR count). The van der Waals surface area contributed by atoms with Gasteiger partial charge in [0.2, 0.25) is 0 Å². The molecule has 0 aromatic heterocycles. The first-order valence-electron chi connectivity index (χ1n) is 8.51. The number of hydrogen-bond donors (Lipinski definition) is 0. The standard InChI is InChI=1S/C19H26O2/c1-12-10-13-15(18(2)8-5-4-6-14(12)18)7-9-19(3)16(13)11-21-17(19)20/h4,6,13,15-16H,5,7-11H2,1-3H3/t13-,15+,16+,18+,19+/m1/s1. The summed E-state index contributed by atoms with van der Waals surface area (Å²) in [7, 11) is 0. The van der Waals surface area contributed by atoms with Crippen molar-refractivity contribution >= 4 is 5.97 Å². The Hall–Kier alpha value is -1.05. The third-order valence-corrected chi connectivity index (χ3v) is 7.24. The molecule has 0 bridgehead atoms. The number of esters is 1. The molecule has 1 heterocycles. The van der Waals surface area contributed by atoms with Crippen LogP contribution >= 0.6 is 0 Å². The summed E-state index contributed by atoms with van der Waals surface area (Å²) in [6.45, 7) is 7.60. The summed E-state index contributed by atoms with van der Waals surface area (Å²) in [5, 5.41) is 0. The lowest BCUT2D eigenvalue weighted by molar-refractivity contribution is -0.148. The molecule has 2 fully saturated rings. The van der Waals surface area contributed by atoms with Crippen molar-refractivity contribution in [2.24, 2.45) is 28.6 Å². The van der Waals surface area contributed by atoms with Crippen LogP contribution in [0, 0.1) is 28.6 Å². The number of carbonyl (C=O) groups excluding carboxylic acids is 1. The topological polar surface area (TPSA) is 26.3 Å². The first-order valence-corrected chi connectivity index (χ1v) is 8.51. The summed E-state index contributed by atoms with van der Waals surface area (Å²) < 4.78 is 5.49. The summed E-state index contributed by atoms with van der Waals surface area (Å²) in [6, 6.07) is 0. The van der Waals surface area contributed by atoms with Crippen LogP contribution in [0.1, 0.15) is 52.9 Å². The predicted octanol–water partition coefficient (Wildman–Crippen LogP) is 4.27. The third kappa shape index (κ3) is 1.62. The highest BCUT2D eigenvalue weighted by molar-refractivity contribution is 5.79. The van der Waals surface area contributed by atoms with Gasteiger partial charge in [0.1, 0.15) is 0 Å². The van der Waals surface area contributed by atoms with Crippen LogP contribution in [0.2, 0.25) is 0 Å². The molecule has 1 aliphatic heterocycles. The van der Waals surface area contributed by atoms with Crippen LogP contribution in [-0.2, 0) is 9.53 Å². The van der Waals surface area contributed by atoms with E-state index in [2.05, 4.69) is 32.9 Å². The van der Waals surface area contributed by atoms with Gasteiger partial charge in [-0.1, -0.05) is 24.6 Å².